The molecule has 0 aliphatic carbocycles. The zero-order valence-electron chi connectivity index (χ0n) is 9.87. The van der Waals surface area contributed by atoms with Gasteiger partial charge in [-0.05, 0) is 30.0 Å². The Morgan fingerprint density at radius 1 is 1.21 bits per heavy atom. The van der Waals surface area contributed by atoms with Gasteiger partial charge in [0.15, 0.2) is 0 Å². The number of nitrogens with one attached hydrogen (secondary N) is 1. The van der Waals surface area contributed by atoms with Gasteiger partial charge in [0.2, 0.25) is 5.28 Å². The van der Waals surface area contributed by atoms with Crippen molar-refractivity contribution in [2.24, 2.45) is 0 Å². The van der Waals surface area contributed by atoms with E-state index in [4.69, 9.17) is 11.6 Å². The van der Waals surface area contributed by atoms with Crippen molar-refractivity contribution in [1.82, 2.24) is 9.97 Å². The van der Waals surface area contributed by atoms with Gasteiger partial charge in [-0.15, -0.1) is 11.8 Å². The number of anilines is 1. The fourth-order valence-corrected chi connectivity index (χ4v) is 3.06. The van der Waals surface area contributed by atoms with E-state index in [1.807, 2.05) is 18.4 Å². The summed E-state index contributed by atoms with van der Waals surface area (Å²) in [5, 5.41) is 0.00321. The average Bonchev–Trinajstić information content (AvgIpc) is 2.39. The Labute approximate surface area is 120 Å². The van der Waals surface area contributed by atoms with Crippen LogP contribution in [0.2, 0.25) is 5.28 Å². The number of hydrogen-bond donors (Lipinski definition) is 1. The van der Waals surface area contributed by atoms with Crippen LogP contribution in [0, 0.1) is 0 Å². The second-order valence-electron chi connectivity index (χ2n) is 3.49. The van der Waals surface area contributed by atoms with Crippen LogP contribution in [0.1, 0.15) is 0 Å². The Balaban J connectivity index is 2.34. The lowest BCUT2D eigenvalue weighted by Gasteiger charge is -2.10. The van der Waals surface area contributed by atoms with Crippen molar-refractivity contribution in [3.8, 4) is 0 Å². The molecule has 0 saturated heterocycles. The highest BCUT2D eigenvalue weighted by Crippen LogP contribution is 2.26. The number of aromatic nitrogens is 2. The van der Waals surface area contributed by atoms with Gasteiger partial charge in [0, 0.05) is 4.90 Å². The molecule has 5 nitrogen and oxygen atoms in total. The molecule has 0 radical (unpaired) electrons. The van der Waals surface area contributed by atoms with Crippen LogP contribution in [-0.2, 0) is 10.0 Å². The van der Waals surface area contributed by atoms with E-state index in [-0.39, 0.29) is 10.2 Å². The van der Waals surface area contributed by atoms with Gasteiger partial charge < -0.3 is 0 Å². The van der Waals surface area contributed by atoms with Gasteiger partial charge in [-0.25, -0.2) is 18.4 Å². The first-order valence-corrected chi connectivity index (χ1v) is 8.25. The highest BCUT2D eigenvalue weighted by molar-refractivity contribution is 7.99. The third kappa shape index (κ3) is 3.37. The van der Waals surface area contributed by atoms with Crippen LogP contribution >= 0.6 is 23.4 Å². The zero-order chi connectivity index (χ0) is 13.9. The molecule has 2 rings (SSSR count). The molecular formula is C11H10ClN3O2S2. The van der Waals surface area contributed by atoms with Gasteiger partial charge in [0.05, 0.1) is 18.1 Å². The van der Waals surface area contributed by atoms with Crippen molar-refractivity contribution in [3.63, 3.8) is 0 Å². The summed E-state index contributed by atoms with van der Waals surface area (Å²) in [5.74, 6) is 0. The number of hydrogen-bond acceptors (Lipinski definition) is 5. The van der Waals surface area contributed by atoms with Gasteiger partial charge in [-0.2, -0.15) is 0 Å². The van der Waals surface area contributed by atoms with Crippen LogP contribution in [-0.4, -0.2) is 24.6 Å². The molecule has 0 bridgehead atoms. The first-order chi connectivity index (χ1) is 9.03. The molecule has 0 amide bonds. The molecule has 0 saturated carbocycles. The monoisotopic (exact) mass is 315 g/mol. The Morgan fingerprint density at radius 2 is 1.84 bits per heavy atom. The van der Waals surface area contributed by atoms with Crippen molar-refractivity contribution in [2.45, 2.75) is 9.79 Å². The summed E-state index contributed by atoms with van der Waals surface area (Å²) < 4.78 is 26.8. The van der Waals surface area contributed by atoms with Crippen LogP contribution in [0.4, 0.5) is 5.69 Å². The molecule has 8 heteroatoms. The van der Waals surface area contributed by atoms with Crippen LogP contribution in [0.5, 0.6) is 0 Å². The van der Waals surface area contributed by atoms with E-state index in [0.717, 1.165) is 4.90 Å². The molecule has 0 aliphatic rings. The summed E-state index contributed by atoms with van der Waals surface area (Å²) in [6, 6.07) is 7.13. The standard InChI is InChI=1S/C11H10ClN3O2S2/c1-18-10-5-3-2-4-9(10)15-19(16,17)8-6-13-11(12)14-7-8/h2-7,15H,1H3. The molecule has 0 atom stereocenters. The number of thioether (sulfide) groups is 1. The molecule has 1 aromatic heterocycles. The molecule has 0 unspecified atom stereocenters. The maximum atomic E-state index is 12.1. The van der Waals surface area contributed by atoms with Gasteiger partial charge in [0.1, 0.15) is 4.90 Å². The molecule has 0 aliphatic heterocycles. The first kappa shape index (κ1) is 14.1. The highest BCUT2D eigenvalue weighted by Gasteiger charge is 2.16. The molecule has 0 spiro atoms. The summed E-state index contributed by atoms with van der Waals surface area (Å²) in [7, 11) is -3.71. The quantitative estimate of drug-likeness (QED) is 0.693. The Kier molecular flexibility index (Phi) is 4.28. The van der Waals surface area contributed by atoms with Gasteiger partial charge in [0.25, 0.3) is 10.0 Å². The fraction of sp³-hybridized carbons (Fsp3) is 0.0909. The third-order valence-electron chi connectivity index (χ3n) is 2.26. The molecule has 1 aromatic carbocycles. The van der Waals surface area contributed by atoms with Gasteiger partial charge in [-0.1, -0.05) is 12.1 Å². The minimum atomic E-state index is -3.71. The van der Waals surface area contributed by atoms with Crippen LogP contribution in [0.15, 0.2) is 46.5 Å². The number of para-hydroxylation sites is 1. The van der Waals surface area contributed by atoms with E-state index in [9.17, 15) is 8.42 Å². The summed E-state index contributed by atoms with van der Waals surface area (Å²) in [6.07, 6.45) is 4.21. The fourth-order valence-electron chi connectivity index (χ4n) is 1.37. The summed E-state index contributed by atoms with van der Waals surface area (Å²) >= 11 is 6.98. The Morgan fingerprint density at radius 3 is 2.47 bits per heavy atom. The molecular weight excluding hydrogens is 306 g/mol. The molecule has 1 heterocycles. The molecule has 0 fully saturated rings. The first-order valence-electron chi connectivity index (χ1n) is 5.16. The van der Waals surface area contributed by atoms with Crippen molar-refractivity contribution < 1.29 is 8.42 Å². The van der Waals surface area contributed by atoms with E-state index >= 15 is 0 Å². The summed E-state index contributed by atoms with van der Waals surface area (Å²) in [6.45, 7) is 0. The highest BCUT2D eigenvalue weighted by atomic mass is 35.5. The molecule has 1 N–H and O–H groups in total. The Bertz CT molecular complexity index is 675. The van der Waals surface area contributed by atoms with Crippen molar-refractivity contribution >= 4 is 39.1 Å². The minimum Gasteiger partial charge on any atom is -0.278 e. The lowest BCUT2D eigenvalue weighted by atomic mass is 10.3. The second-order valence-corrected chi connectivity index (χ2v) is 6.36. The maximum absolute atomic E-state index is 12.1. The predicted molar refractivity (Wildman–Crippen MR) is 76.1 cm³/mol. The smallest absolute Gasteiger partial charge is 0.265 e. The van der Waals surface area contributed by atoms with E-state index in [2.05, 4.69) is 14.7 Å². The lowest BCUT2D eigenvalue weighted by molar-refractivity contribution is 0.600. The van der Waals surface area contributed by atoms with E-state index in [1.165, 1.54) is 24.2 Å². The Hall–Kier alpha value is -1.31. The molecule has 100 valence electrons. The second kappa shape index (κ2) is 5.77. The number of nitrogens with zero attached hydrogens (tertiary/aromatic N) is 2. The normalized spacial score (nSPS) is 11.3. The average molecular weight is 316 g/mol. The molecule has 2 aromatic rings. The van der Waals surface area contributed by atoms with Gasteiger partial charge >= 0.3 is 0 Å². The van der Waals surface area contributed by atoms with Crippen molar-refractivity contribution in [2.75, 3.05) is 11.0 Å². The number of sulfonamides is 1. The van der Waals surface area contributed by atoms with Crippen LogP contribution < -0.4 is 4.72 Å². The van der Waals surface area contributed by atoms with Crippen molar-refractivity contribution in [1.29, 1.82) is 0 Å². The predicted octanol–water partition coefficient (Wildman–Crippen LogP) is 2.65. The van der Waals surface area contributed by atoms with Crippen LogP contribution in [0.3, 0.4) is 0 Å². The largest absolute Gasteiger partial charge is 0.278 e. The zero-order valence-corrected chi connectivity index (χ0v) is 12.3. The summed E-state index contributed by atoms with van der Waals surface area (Å²) in [4.78, 5) is 8.12. The van der Waals surface area contributed by atoms with Gasteiger partial charge in [-0.3, -0.25) is 4.72 Å². The number of rotatable bonds is 4. The van der Waals surface area contributed by atoms with E-state index < -0.39 is 10.0 Å². The molecule has 19 heavy (non-hydrogen) atoms. The van der Waals surface area contributed by atoms with Crippen LogP contribution in [0.25, 0.3) is 0 Å². The maximum Gasteiger partial charge on any atom is 0.265 e. The topological polar surface area (TPSA) is 72.0 Å². The SMILES string of the molecule is CSc1ccccc1NS(=O)(=O)c1cnc(Cl)nc1. The minimum absolute atomic E-state index is 0.00321. The summed E-state index contributed by atoms with van der Waals surface area (Å²) in [5.41, 5.74) is 0.518. The van der Waals surface area contributed by atoms with Crippen molar-refractivity contribution in [3.05, 3.63) is 41.9 Å². The number of benzene rings is 1. The van der Waals surface area contributed by atoms with E-state index in [0.29, 0.717) is 5.69 Å². The third-order valence-corrected chi connectivity index (χ3v) is 4.57. The lowest BCUT2D eigenvalue weighted by Crippen LogP contribution is -2.14. The number of halogens is 1. The van der Waals surface area contributed by atoms with E-state index in [1.54, 1.807) is 12.1 Å².